The summed E-state index contributed by atoms with van der Waals surface area (Å²) in [5.41, 5.74) is 0.679. The molecular weight excluding hydrogens is 270 g/mol. The van der Waals surface area contributed by atoms with Gasteiger partial charge in [0.2, 0.25) is 0 Å². The number of nitrogens with zero attached hydrogens (tertiary/aromatic N) is 1. The number of halogens is 4. The molecule has 0 atom stereocenters. The van der Waals surface area contributed by atoms with E-state index in [1.807, 2.05) is 0 Å². The van der Waals surface area contributed by atoms with Crippen LogP contribution >= 0.6 is 0 Å². The minimum absolute atomic E-state index is 0.336. The summed E-state index contributed by atoms with van der Waals surface area (Å²) in [4.78, 5) is 1.73. The number of alkyl halides is 3. The lowest BCUT2D eigenvalue weighted by Gasteiger charge is -2.18. The first-order valence-electron chi connectivity index (χ1n) is 5.93. The minimum atomic E-state index is -4.42. The molecule has 2 aromatic carbocycles. The van der Waals surface area contributed by atoms with Gasteiger partial charge in [0.1, 0.15) is 5.82 Å². The molecule has 0 aliphatic heterocycles. The number of hydrogen-bond acceptors (Lipinski definition) is 1. The van der Waals surface area contributed by atoms with Crippen LogP contribution in [-0.4, -0.2) is 14.1 Å². The van der Waals surface area contributed by atoms with Gasteiger partial charge in [-0.1, -0.05) is 12.1 Å². The maximum Gasteiger partial charge on any atom is 0.416 e. The van der Waals surface area contributed by atoms with Gasteiger partial charge in [-0.25, -0.2) is 4.39 Å². The van der Waals surface area contributed by atoms with Gasteiger partial charge in [-0.2, -0.15) is 13.2 Å². The lowest BCUT2D eigenvalue weighted by Crippen LogP contribution is -2.10. The van der Waals surface area contributed by atoms with E-state index in [0.717, 1.165) is 12.1 Å². The van der Waals surface area contributed by atoms with Gasteiger partial charge < -0.3 is 4.90 Å². The van der Waals surface area contributed by atoms with Crippen molar-refractivity contribution in [1.82, 2.24) is 0 Å². The van der Waals surface area contributed by atoms with Crippen LogP contribution in [0.25, 0.3) is 11.1 Å². The zero-order chi connectivity index (χ0) is 14.9. The van der Waals surface area contributed by atoms with Gasteiger partial charge in [-0.3, -0.25) is 0 Å². The van der Waals surface area contributed by atoms with Gasteiger partial charge in [0, 0.05) is 25.3 Å². The predicted molar refractivity (Wildman–Crippen MR) is 71.2 cm³/mol. The Labute approximate surface area is 114 Å². The molecule has 0 aliphatic rings. The third kappa shape index (κ3) is 2.92. The zero-order valence-corrected chi connectivity index (χ0v) is 11.0. The lowest BCUT2D eigenvalue weighted by molar-refractivity contribution is -0.137. The number of rotatable bonds is 2. The molecule has 0 bridgehead atoms. The second-order valence-corrected chi connectivity index (χ2v) is 4.63. The van der Waals surface area contributed by atoms with Crippen LogP contribution in [0.1, 0.15) is 5.56 Å². The highest BCUT2D eigenvalue weighted by Crippen LogP contribution is 2.35. The molecule has 0 amide bonds. The summed E-state index contributed by atoms with van der Waals surface area (Å²) < 4.78 is 51.6. The van der Waals surface area contributed by atoms with E-state index in [-0.39, 0.29) is 0 Å². The van der Waals surface area contributed by atoms with E-state index in [1.54, 1.807) is 25.1 Å². The van der Waals surface area contributed by atoms with E-state index in [4.69, 9.17) is 0 Å². The Morgan fingerprint density at radius 3 is 2.25 bits per heavy atom. The average molecular weight is 283 g/mol. The van der Waals surface area contributed by atoms with Crippen molar-refractivity contribution in [3.8, 4) is 11.1 Å². The Morgan fingerprint density at radius 2 is 1.65 bits per heavy atom. The molecule has 5 heteroatoms. The van der Waals surface area contributed by atoms with Crippen molar-refractivity contribution in [2.45, 2.75) is 6.18 Å². The standard InChI is InChI=1S/C15H13F4N/c1-20(2)14-7-6-12(16)9-13(14)10-4-3-5-11(8-10)15(17,18)19/h3-9H,1-2H3. The highest BCUT2D eigenvalue weighted by molar-refractivity contribution is 5.78. The molecule has 2 rings (SSSR count). The van der Waals surface area contributed by atoms with Gasteiger partial charge >= 0.3 is 6.18 Å². The molecule has 20 heavy (non-hydrogen) atoms. The van der Waals surface area contributed by atoms with Crippen LogP contribution in [0, 0.1) is 5.82 Å². The normalized spacial score (nSPS) is 11.5. The van der Waals surface area contributed by atoms with E-state index in [2.05, 4.69) is 0 Å². The smallest absolute Gasteiger partial charge is 0.377 e. The summed E-state index contributed by atoms with van der Waals surface area (Å²) in [6.07, 6.45) is -4.42. The minimum Gasteiger partial charge on any atom is -0.377 e. The van der Waals surface area contributed by atoms with Gasteiger partial charge in [-0.05, 0) is 35.9 Å². The molecule has 0 heterocycles. The van der Waals surface area contributed by atoms with Gasteiger partial charge in [0.25, 0.3) is 0 Å². The second kappa shape index (κ2) is 5.15. The first kappa shape index (κ1) is 14.4. The Morgan fingerprint density at radius 1 is 0.950 bits per heavy atom. The summed E-state index contributed by atoms with van der Waals surface area (Å²) in [6.45, 7) is 0. The molecule has 0 radical (unpaired) electrons. The highest BCUT2D eigenvalue weighted by atomic mass is 19.4. The monoisotopic (exact) mass is 283 g/mol. The first-order chi connectivity index (χ1) is 9.29. The summed E-state index contributed by atoms with van der Waals surface area (Å²) in [7, 11) is 3.51. The third-order valence-electron chi connectivity index (χ3n) is 2.94. The van der Waals surface area contributed by atoms with Crippen molar-refractivity contribution in [3.63, 3.8) is 0 Å². The van der Waals surface area contributed by atoms with E-state index in [9.17, 15) is 17.6 Å². The van der Waals surface area contributed by atoms with Crippen LogP contribution in [-0.2, 0) is 6.18 Å². The van der Waals surface area contributed by atoms with Gasteiger partial charge in [0.05, 0.1) is 5.56 Å². The molecule has 1 nitrogen and oxygen atoms in total. The van der Waals surface area contributed by atoms with Crippen LogP contribution in [0.3, 0.4) is 0 Å². The van der Waals surface area contributed by atoms with Crippen LogP contribution in [0.4, 0.5) is 23.2 Å². The Bertz CT molecular complexity index is 618. The summed E-state index contributed by atoms with van der Waals surface area (Å²) in [6, 6.07) is 8.96. The molecule has 0 aliphatic carbocycles. The molecular formula is C15H13F4N. The molecule has 0 spiro atoms. The topological polar surface area (TPSA) is 3.24 Å². The van der Waals surface area contributed by atoms with Crippen molar-refractivity contribution in [2.24, 2.45) is 0 Å². The van der Waals surface area contributed by atoms with Crippen LogP contribution in [0.2, 0.25) is 0 Å². The largest absolute Gasteiger partial charge is 0.416 e. The summed E-state index contributed by atoms with van der Waals surface area (Å²) in [5.74, 6) is -0.483. The molecule has 0 unspecified atom stereocenters. The molecule has 0 saturated carbocycles. The Balaban J connectivity index is 2.59. The first-order valence-corrected chi connectivity index (χ1v) is 5.93. The molecule has 106 valence electrons. The van der Waals surface area contributed by atoms with E-state index in [1.165, 1.54) is 24.3 Å². The Kier molecular flexibility index (Phi) is 3.70. The molecule has 0 N–H and O–H groups in total. The van der Waals surface area contributed by atoms with Crippen molar-refractivity contribution < 1.29 is 17.6 Å². The van der Waals surface area contributed by atoms with Crippen molar-refractivity contribution in [1.29, 1.82) is 0 Å². The van der Waals surface area contributed by atoms with Gasteiger partial charge in [0.15, 0.2) is 0 Å². The number of benzene rings is 2. The highest BCUT2D eigenvalue weighted by Gasteiger charge is 2.30. The van der Waals surface area contributed by atoms with Crippen molar-refractivity contribution in [3.05, 3.63) is 53.8 Å². The fourth-order valence-electron chi connectivity index (χ4n) is 1.99. The fraction of sp³-hybridized carbons (Fsp3) is 0.200. The SMILES string of the molecule is CN(C)c1ccc(F)cc1-c1cccc(C(F)(F)F)c1. The van der Waals surface area contributed by atoms with E-state index >= 15 is 0 Å². The summed E-state index contributed by atoms with van der Waals surface area (Å²) >= 11 is 0. The van der Waals surface area contributed by atoms with Crippen molar-refractivity contribution in [2.75, 3.05) is 19.0 Å². The predicted octanol–water partition coefficient (Wildman–Crippen LogP) is 4.58. The average Bonchev–Trinajstić information content (AvgIpc) is 2.37. The lowest BCUT2D eigenvalue weighted by atomic mass is 10.0. The molecule has 2 aromatic rings. The van der Waals surface area contributed by atoms with Gasteiger partial charge in [-0.15, -0.1) is 0 Å². The fourth-order valence-corrected chi connectivity index (χ4v) is 1.99. The van der Waals surface area contributed by atoms with Crippen LogP contribution < -0.4 is 4.90 Å². The molecule has 0 aromatic heterocycles. The maximum absolute atomic E-state index is 13.4. The number of hydrogen-bond donors (Lipinski definition) is 0. The maximum atomic E-state index is 13.4. The van der Waals surface area contributed by atoms with E-state index in [0.29, 0.717) is 16.8 Å². The van der Waals surface area contributed by atoms with Crippen LogP contribution in [0.15, 0.2) is 42.5 Å². The van der Waals surface area contributed by atoms with Crippen molar-refractivity contribution >= 4 is 5.69 Å². The van der Waals surface area contributed by atoms with E-state index < -0.39 is 17.6 Å². The molecule has 0 saturated heterocycles. The third-order valence-corrected chi connectivity index (χ3v) is 2.94. The zero-order valence-electron chi connectivity index (χ0n) is 11.0. The second-order valence-electron chi connectivity index (χ2n) is 4.63. The van der Waals surface area contributed by atoms with Crippen LogP contribution in [0.5, 0.6) is 0 Å². The molecule has 0 fully saturated rings. The quantitative estimate of drug-likeness (QED) is 0.729. The Hall–Kier alpha value is -2.04. The summed E-state index contributed by atoms with van der Waals surface area (Å²) in [5, 5.41) is 0. The number of anilines is 1.